The van der Waals surface area contributed by atoms with Gasteiger partial charge in [0.05, 0.1) is 16.4 Å². The van der Waals surface area contributed by atoms with Crippen molar-refractivity contribution in [2.45, 2.75) is 24.8 Å². The van der Waals surface area contributed by atoms with Crippen molar-refractivity contribution in [3.8, 4) is 0 Å². The van der Waals surface area contributed by atoms with Gasteiger partial charge in [0, 0.05) is 12.1 Å². The molecule has 0 saturated carbocycles. The number of aliphatic hydroxyl groups excluding tert-OH is 1. The number of aliphatic hydroxyl groups is 1. The SMILES string of the molecule is Cc1cc([N+](=O)[O-])cc(S(=O)(=O)NC(CO)C(=O)O)c1C. The van der Waals surface area contributed by atoms with E-state index in [1.807, 2.05) is 0 Å². The number of hydrogen-bond acceptors (Lipinski definition) is 6. The summed E-state index contributed by atoms with van der Waals surface area (Å²) in [7, 11) is -4.32. The summed E-state index contributed by atoms with van der Waals surface area (Å²) in [4.78, 5) is 20.4. The van der Waals surface area contributed by atoms with Crippen LogP contribution in [0.2, 0.25) is 0 Å². The first-order chi connectivity index (χ1) is 9.60. The van der Waals surface area contributed by atoms with Gasteiger partial charge in [-0.2, -0.15) is 4.72 Å². The summed E-state index contributed by atoms with van der Waals surface area (Å²) in [5.74, 6) is -1.55. The second kappa shape index (κ2) is 6.16. The van der Waals surface area contributed by atoms with E-state index in [-0.39, 0.29) is 5.56 Å². The van der Waals surface area contributed by atoms with E-state index in [0.29, 0.717) is 5.56 Å². The number of aliphatic carboxylic acids is 1. The normalized spacial score (nSPS) is 12.9. The monoisotopic (exact) mass is 318 g/mol. The van der Waals surface area contributed by atoms with Crippen LogP contribution in [0.3, 0.4) is 0 Å². The standard InChI is InChI=1S/C11H14N2O7S/c1-6-3-8(13(17)18)4-10(7(6)2)21(19,20)12-9(5-14)11(15)16/h3-4,9,12,14H,5H2,1-2H3,(H,15,16). The lowest BCUT2D eigenvalue weighted by atomic mass is 10.1. The lowest BCUT2D eigenvalue weighted by molar-refractivity contribution is -0.385. The molecule has 0 aliphatic heterocycles. The van der Waals surface area contributed by atoms with Crippen molar-refractivity contribution in [1.82, 2.24) is 4.72 Å². The summed E-state index contributed by atoms with van der Waals surface area (Å²) >= 11 is 0. The summed E-state index contributed by atoms with van der Waals surface area (Å²) in [5.41, 5.74) is 0.213. The van der Waals surface area contributed by atoms with Gasteiger partial charge in [0.25, 0.3) is 5.69 Å². The van der Waals surface area contributed by atoms with Crippen LogP contribution in [0.15, 0.2) is 17.0 Å². The van der Waals surface area contributed by atoms with Crippen LogP contribution < -0.4 is 4.72 Å². The number of benzene rings is 1. The number of carboxylic acid groups (broad SMARTS) is 1. The Bertz CT molecular complexity index is 684. The fourth-order valence-corrected chi connectivity index (χ4v) is 3.13. The molecule has 3 N–H and O–H groups in total. The summed E-state index contributed by atoms with van der Waals surface area (Å²) in [6.45, 7) is 2.01. The number of carboxylic acids is 1. The molecule has 1 aromatic rings. The predicted octanol–water partition coefficient (Wildman–Crippen LogP) is -0.0646. The Morgan fingerprint density at radius 1 is 1.43 bits per heavy atom. The third-order valence-electron chi connectivity index (χ3n) is 2.88. The molecule has 1 atom stereocenters. The van der Waals surface area contributed by atoms with E-state index in [1.54, 1.807) is 4.72 Å². The molecule has 0 amide bonds. The Morgan fingerprint density at radius 3 is 2.43 bits per heavy atom. The van der Waals surface area contributed by atoms with Crippen molar-refractivity contribution in [3.05, 3.63) is 33.4 Å². The maximum atomic E-state index is 12.1. The highest BCUT2D eigenvalue weighted by atomic mass is 32.2. The highest BCUT2D eigenvalue weighted by Crippen LogP contribution is 2.25. The van der Waals surface area contributed by atoms with Crippen molar-refractivity contribution >= 4 is 21.7 Å². The molecule has 0 saturated heterocycles. The lowest BCUT2D eigenvalue weighted by Crippen LogP contribution is -2.43. The lowest BCUT2D eigenvalue weighted by Gasteiger charge is -2.14. The molecule has 1 aromatic carbocycles. The Balaban J connectivity index is 3.37. The summed E-state index contributed by atoms with van der Waals surface area (Å²) in [6, 6.07) is 0.338. The number of aryl methyl sites for hydroxylation is 1. The van der Waals surface area contributed by atoms with Gasteiger partial charge in [0.1, 0.15) is 6.04 Å². The van der Waals surface area contributed by atoms with Gasteiger partial charge >= 0.3 is 5.97 Å². The number of nitro groups is 1. The van der Waals surface area contributed by atoms with Crippen LogP contribution in [0.1, 0.15) is 11.1 Å². The molecular formula is C11H14N2O7S. The van der Waals surface area contributed by atoms with Gasteiger partial charge in [-0.15, -0.1) is 0 Å². The molecule has 0 radical (unpaired) electrons. The maximum Gasteiger partial charge on any atom is 0.324 e. The van der Waals surface area contributed by atoms with Gasteiger partial charge in [0.2, 0.25) is 10.0 Å². The van der Waals surface area contributed by atoms with Gasteiger partial charge < -0.3 is 10.2 Å². The quantitative estimate of drug-likeness (QED) is 0.491. The average molecular weight is 318 g/mol. The fourth-order valence-electron chi connectivity index (χ4n) is 1.61. The van der Waals surface area contributed by atoms with Crippen LogP contribution in [0.4, 0.5) is 5.69 Å². The predicted molar refractivity (Wildman–Crippen MR) is 71.4 cm³/mol. The summed E-state index contributed by atoms with van der Waals surface area (Å²) in [6.07, 6.45) is 0. The van der Waals surface area contributed by atoms with Crippen LogP contribution in [-0.4, -0.2) is 42.2 Å². The number of nitrogens with one attached hydrogen (secondary N) is 1. The van der Waals surface area contributed by atoms with Crippen LogP contribution in [0.5, 0.6) is 0 Å². The second-order valence-corrected chi connectivity index (χ2v) is 6.02. The average Bonchev–Trinajstić information content (AvgIpc) is 2.38. The number of non-ortho nitro benzene ring substituents is 1. The van der Waals surface area contributed by atoms with Gasteiger partial charge in [-0.3, -0.25) is 14.9 Å². The van der Waals surface area contributed by atoms with E-state index in [1.165, 1.54) is 19.9 Å². The number of carbonyl (C=O) groups is 1. The highest BCUT2D eigenvalue weighted by molar-refractivity contribution is 7.89. The topological polar surface area (TPSA) is 147 Å². The van der Waals surface area contributed by atoms with E-state index >= 15 is 0 Å². The first-order valence-corrected chi connectivity index (χ1v) is 7.20. The van der Waals surface area contributed by atoms with Crippen LogP contribution in [-0.2, 0) is 14.8 Å². The van der Waals surface area contributed by atoms with Gasteiger partial charge in [-0.05, 0) is 25.0 Å². The number of rotatable bonds is 6. The molecular weight excluding hydrogens is 304 g/mol. The van der Waals surface area contributed by atoms with E-state index in [4.69, 9.17) is 10.2 Å². The highest BCUT2D eigenvalue weighted by Gasteiger charge is 2.28. The fraction of sp³-hybridized carbons (Fsp3) is 0.364. The molecule has 0 aromatic heterocycles. The minimum Gasteiger partial charge on any atom is -0.480 e. The van der Waals surface area contributed by atoms with Gasteiger partial charge in [-0.1, -0.05) is 0 Å². The third-order valence-corrected chi connectivity index (χ3v) is 4.48. The Hall–Kier alpha value is -2.04. The Morgan fingerprint density at radius 2 is 2.00 bits per heavy atom. The molecule has 9 nitrogen and oxygen atoms in total. The first kappa shape index (κ1) is 17.0. The van der Waals surface area contributed by atoms with Crippen LogP contribution >= 0.6 is 0 Å². The molecule has 21 heavy (non-hydrogen) atoms. The maximum absolute atomic E-state index is 12.1. The molecule has 0 bridgehead atoms. The molecule has 10 heteroatoms. The van der Waals surface area contributed by atoms with E-state index in [0.717, 1.165) is 6.07 Å². The largest absolute Gasteiger partial charge is 0.480 e. The zero-order valence-corrected chi connectivity index (χ0v) is 12.0. The third kappa shape index (κ3) is 3.74. The minimum atomic E-state index is -4.32. The van der Waals surface area contributed by atoms with Crippen molar-refractivity contribution in [3.63, 3.8) is 0 Å². The molecule has 1 rings (SSSR count). The molecule has 0 spiro atoms. The van der Waals surface area contributed by atoms with Crippen molar-refractivity contribution in [2.75, 3.05) is 6.61 Å². The van der Waals surface area contributed by atoms with Crippen molar-refractivity contribution in [1.29, 1.82) is 0 Å². The number of nitro benzene ring substituents is 1. The zero-order valence-electron chi connectivity index (χ0n) is 11.2. The Labute approximate surface area is 120 Å². The minimum absolute atomic E-state index is 0.259. The first-order valence-electron chi connectivity index (χ1n) is 5.71. The molecule has 0 aliphatic rings. The smallest absolute Gasteiger partial charge is 0.324 e. The number of sulfonamides is 1. The van der Waals surface area contributed by atoms with Crippen molar-refractivity contribution < 1.29 is 28.3 Å². The van der Waals surface area contributed by atoms with E-state index in [2.05, 4.69) is 0 Å². The van der Waals surface area contributed by atoms with Crippen molar-refractivity contribution in [2.24, 2.45) is 0 Å². The molecule has 0 fully saturated rings. The summed E-state index contributed by atoms with van der Waals surface area (Å²) in [5, 5.41) is 28.4. The van der Waals surface area contributed by atoms with E-state index in [9.17, 15) is 23.3 Å². The molecule has 1 unspecified atom stereocenters. The van der Waals surface area contributed by atoms with Crippen LogP contribution in [0, 0.1) is 24.0 Å². The van der Waals surface area contributed by atoms with Crippen LogP contribution in [0.25, 0.3) is 0 Å². The Kier molecular flexibility index (Phi) is 4.99. The molecule has 0 heterocycles. The number of nitrogens with zero attached hydrogens (tertiary/aromatic N) is 1. The van der Waals surface area contributed by atoms with Gasteiger partial charge in [-0.25, -0.2) is 8.42 Å². The zero-order chi connectivity index (χ0) is 16.4. The number of hydrogen-bond donors (Lipinski definition) is 3. The summed E-state index contributed by atoms with van der Waals surface area (Å²) < 4.78 is 26.1. The molecule has 0 aliphatic carbocycles. The van der Waals surface area contributed by atoms with Gasteiger partial charge in [0.15, 0.2) is 0 Å². The molecule has 116 valence electrons. The van der Waals surface area contributed by atoms with E-state index < -0.39 is 44.1 Å². The second-order valence-electron chi connectivity index (χ2n) is 4.34.